The Hall–Kier alpha value is -1.30. The number of amides is 2. The highest BCUT2D eigenvalue weighted by atomic mass is 16.5. The molecule has 3 unspecified atom stereocenters. The minimum absolute atomic E-state index is 0.284. The Morgan fingerprint density at radius 3 is 2.81 bits per heavy atom. The first kappa shape index (κ1) is 16.1. The van der Waals surface area contributed by atoms with Gasteiger partial charge in [-0.1, -0.05) is 13.3 Å². The molecule has 0 aromatic carbocycles. The number of rotatable bonds is 4. The molecule has 0 aromatic rings. The van der Waals surface area contributed by atoms with Gasteiger partial charge < -0.3 is 20.1 Å². The fourth-order valence-electron chi connectivity index (χ4n) is 3.23. The number of nitrogens with zero attached hydrogens (tertiary/aromatic N) is 1. The van der Waals surface area contributed by atoms with E-state index in [4.69, 9.17) is 4.74 Å². The van der Waals surface area contributed by atoms with Crippen molar-refractivity contribution in [3.8, 4) is 0 Å². The van der Waals surface area contributed by atoms with Crippen molar-refractivity contribution in [3.63, 3.8) is 0 Å². The predicted molar refractivity (Wildman–Crippen MR) is 78.1 cm³/mol. The van der Waals surface area contributed by atoms with E-state index >= 15 is 0 Å². The average molecular weight is 298 g/mol. The van der Waals surface area contributed by atoms with E-state index in [-0.39, 0.29) is 11.6 Å². The average Bonchev–Trinajstić information content (AvgIpc) is 2.91. The Bertz CT molecular complexity index is 393. The van der Waals surface area contributed by atoms with Crippen molar-refractivity contribution < 1.29 is 19.4 Å². The van der Waals surface area contributed by atoms with Crippen LogP contribution in [0.15, 0.2) is 0 Å². The zero-order chi connectivity index (χ0) is 15.5. The molecule has 0 spiro atoms. The maximum atomic E-state index is 12.3. The van der Waals surface area contributed by atoms with Crippen molar-refractivity contribution >= 4 is 12.0 Å². The van der Waals surface area contributed by atoms with Gasteiger partial charge in [-0.3, -0.25) is 0 Å². The summed E-state index contributed by atoms with van der Waals surface area (Å²) in [6.45, 7) is 5.73. The molecule has 120 valence electrons. The van der Waals surface area contributed by atoms with E-state index in [1.807, 2.05) is 6.92 Å². The van der Waals surface area contributed by atoms with Crippen LogP contribution in [0.4, 0.5) is 4.79 Å². The number of carboxylic acids is 1. The highest BCUT2D eigenvalue weighted by Gasteiger charge is 2.37. The third kappa shape index (κ3) is 3.87. The smallest absolute Gasteiger partial charge is 0.326 e. The number of piperidine rings is 1. The third-order valence-corrected chi connectivity index (χ3v) is 4.75. The molecule has 21 heavy (non-hydrogen) atoms. The zero-order valence-corrected chi connectivity index (χ0v) is 12.9. The summed E-state index contributed by atoms with van der Waals surface area (Å²) >= 11 is 0. The van der Waals surface area contributed by atoms with Crippen LogP contribution in [0, 0.1) is 5.92 Å². The van der Waals surface area contributed by atoms with Crippen molar-refractivity contribution in [1.29, 1.82) is 0 Å². The van der Waals surface area contributed by atoms with E-state index in [0.717, 1.165) is 32.3 Å². The fourth-order valence-corrected chi connectivity index (χ4v) is 3.23. The van der Waals surface area contributed by atoms with Crippen LogP contribution in [0.25, 0.3) is 0 Å². The topological polar surface area (TPSA) is 78.9 Å². The second-order valence-electron chi connectivity index (χ2n) is 6.41. The molecular formula is C15H26N2O4. The molecule has 2 aliphatic heterocycles. The minimum atomic E-state index is -0.911. The number of hydrogen-bond donors (Lipinski definition) is 2. The summed E-state index contributed by atoms with van der Waals surface area (Å²) in [4.78, 5) is 25.2. The quantitative estimate of drug-likeness (QED) is 0.830. The van der Waals surface area contributed by atoms with E-state index in [2.05, 4.69) is 12.2 Å². The molecule has 6 nitrogen and oxygen atoms in total. The largest absolute Gasteiger partial charge is 0.480 e. The van der Waals surface area contributed by atoms with Crippen LogP contribution in [0.3, 0.4) is 0 Å². The number of likely N-dealkylation sites (tertiary alicyclic amines) is 1. The Balaban J connectivity index is 1.92. The van der Waals surface area contributed by atoms with Gasteiger partial charge in [-0.15, -0.1) is 0 Å². The summed E-state index contributed by atoms with van der Waals surface area (Å²) < 4.78 is 5.64. The molecule has 2 N–H and O–H groups in total. The van der Waals surface area contributed by atoms with Crippen molar-refractivity contribution in [2.24, 2.45) is 5.92 Å². The van der Waals surface area contributed by atoms with E-state index in [9.17, 15) is 14.7 Å². The molecule has 0 bridgehead atoms. The molecule has 2 amide bonds. The first-order valence-corrected chi connectivity index (χ1v) is 7.86. The van der Waals surface area contributed by atoms with Gasteiger partial charge >= 0.3 is 12.0 Å². The van der Waals surface area contributed by atoms with Gasteiger partial charge in [0.2, 0.25) is 0 Å². The second kappa shape index (κ2) is 6.64. The standard InChI is InChI=1S/C15H26N2O4/c1-3-11-5-7-17(12(9-11)13(18)19)14(20)16-10-15(2)6-4-8-21-15/h11-12H,3-10H2,1-2H3,(H,16,20)(H,18,19). The van der Waals surface area contributed by atoms with Crippen molar-refractivity contribution in [2.75, 3.05) is 19.7 Å². The maximum absolute atomic E-state index is 12.3. The van der Waals surface area contributed by atoms with Crippen LogP contribution in [0.1, 0.15) is 46.0 Å². The van der Waals surface area contributed by atoms with Gasteiger partial charge in [0.15, 0.2) is 0 Å². The van der Waals surface area contributed by atoms with Crippen LogP contribution in [-0.4, -0.2) is 53.3 Å². The number of carbonyl (C=O) groups excluding carboxylic acids is 1. The molecule has 3 atom stereocenters. The SMILES string of the molecule is CCC1CCN(C(=O)NCC2(C)CCCO2)C(C(=O)O)C1. The molecule has 6 heteroatoms. The third-order valence-electron chi connectivity index (χ3n) is 4.75. The van der Waals surface area contributed by atoms with Crippen LogP contribution in [0.5, 0.6) is 0 Å². The lowest BCUT2D eigenvalue weighted by Crippen LogP contribution is -2.55. The summed E-state index contributed by atoms with van der Waals surface area (Å²) in [5, 5.41) is 12.2. The van der Waals surface area contributed by atoms with Gasteiger partial charge in [-0.05, 0) is 38.5 Å². The summed E-state index contributed by atoms with van der Waals surface area (Å²) in [5.74, 6) is -0.516. The lowest BCUT2D eigenvalue weighted by atomic mass is 9.89. The molecule has 0 aliphatic carbocycles. The first-order chi connectivity index (χ1) is 9.95. The van der Waals surface area contributed by atoms with E-state index in [1.54, 1.807) is 0 Å². The van der Waals surface area contributed by atoms with Gasteiger partial charge in [0.1, 0.15) is 6.04 Å². The Morgan fingerprint density at radius 1 is 1.48 bits per heavy atom. The zero-order valence-electron chi connectivity index (χ0n) is 12.9. The molecular weight excluding hydrogens is 272 g/mol. The predicted octanol–water partition coefficient (Wildman–Crippen LogP) is 1.84. The summed E-state index contributed by atoms with van der Waals surface area (Å²) in [7, 11) is 0. The van der Waals surface area contributed by atoms with E-state index in [0.29, 0.717) is 25.4 Å². The van der Waals surface area contributed by atoms with Gasteiger partial charge in [0.25, 0.3) is 0 Å². The molecule has 2 aliphatic rings. The maximum Gasteiger partial charge on any atom is 0.326 e. The van der Waals surface area contributed by atoms with Gasteiger partial charge in [0, 0.05) is 19.7 Å². The van der Waals surface area contributed by atoms with Gasteiger partial charge in [-0.2, -0.15) is 0 Å². The number of nitrogens with one attached hydrogen (secondary N) is 1. The molecule has 2 fully saturated rings. The van der Waals surface area contributed by atoms with Crippen LogP contribution in [0.2, 0.25) is 0 Å². The molecule has 2 heterocycles. The van der Waals surface area contributed by atoms with Crippen LogP contribution >= 0.6 is 0 Å². The summed E-state index contributed by atoms with van der Waals surface area (Å²) in [6.07, 6.45) is 4.32. The molecule has 2 rings (SSSR count). The Labute approximate surface area is 125 Å². The Morgan fingerprint density at radius 2 is 2.24 bits per heavy atom. The number of carboxylic acid groups (broad SMARTS) is 1. The Kier molecular flexibility index (Phi) is 5.08. The fraction of sp³-hybridized carbons (Fsp3) is 0.867. The summed E-state index contributed by atoms with van der Waals surface area (Å²) in [5.41, 5.74) is -0.309. The second-order valence-corrected chi connectivity index (χ2v) is 6.41. The van der Waals surface area contributed by atoms with Gasteiger partial charge in [0.05, 0.1) is 5.60 Å². The van der Waals surface area contributed by atoms with Crippen LogP contribution in [-0.2, 0) is 9.53 Å². The van der Waals surface area contributed by atoms with Crippen molar-refractivity contribution in [2.45, 2.75) is 57.6 Å². The van der Waals surface area contributed by atoms with Crippen molar-refractivity contribution in [1.82, 2.24) is 10.2 Å². The lowest BCUT2D eigenvalue weighted by Gasteiger charge is -2.37. The van der Waals surface area contributed by atoms with Gasteiger partial charge in [-0.25, -0.2) is 9.59 Å². The van der Waals surface area contributed by atoms with Crippen molar-refractivity contribution in [3.05, 3.63) is 0 Å². The number of urea groups is 1. The highest BCUT2D eigenvalue weighted by Crippen LogP contribution is 2.27. The molecule has 0 aromatic heterocycles. The normalized spacial score (nSPS) is 33.0. The molecule has 0 saturated carbocycles. The first-order valence-electron chi connectivity index (χ1n) is 7.86. The number of hydrogen-bond acceptors (Lipinski definition) is 3. The monoisotopic (exact) mass is 298 g/mol. The lowest BCUT2D eigenvalue weighted by molar-refractivity contribution is -0.144. The van der Waals surface area contributed by atoms with E-state index < -0.39 is 12.0 Å². The van der Waals surface area contributed by atoms with Crippen LogP contribution < -0.4 is 5.32 Å². The minimum Gasteiger partial charge on any atom is -0.480 e. The summed E-state index contributed by atoms with van der Waals surface area (Å²) in [6, 6.07) is -0.991. The molecule has 0 radical (unpaired) electrons. The number of ether oxygens (including phenoxy) is 1. The number of carbonyl (C=O) groups is 2. The molecule has 2 saturated heterocycles. The van der Waals surface area contributed by atoms with E-state index in [1.165, 1.54) is 4.90 Å². The highest BCUT2D eigenvalue weighted by molar-refractivity contribution is 5.83. The number of aliphatic carboxylic acids is 1.